The molecule has 0 aliphatic carbocycles. The van der Waals surface area contributed by atoms with Crippen molar-refractivity contribution in [2.45, 2.75) is 6.92 Å². The molecule has 4 rings (SSSR count). The van der Waals surface area contributed by atoms with Gasteiger partial charge >= 0.3 is 0 Å². The minimum atomic E-state index is -0.304. The Morgan fingerprint density at radius 1 is 1.19 bits per heavy atom. The van der Waals surface area contributed by atoms with Crippen LogP contribution in [0, 0.1) is 18.3 Å². The van der Waals surface area contributed by atoms with E-state index >= 15 is 0 Å². The number of carbonyl (C=O) groups excluding carboxylic acids is 1. The number of hydrogen-bond acceptors (Lipinski definition) is 8. The predicted molar refractivity (Wildman–Crippen MR) is 112 cm³/mol. The van der Waals surface area contributed by atoms with Crippen molar-refractivity contribution in [2.24, 2.45) is 0 Å². The number of nitrogens with one attached hydrogen (secondary N) is 2. The number of carbonyl (C=O) groups is 1. The summed E-state index contributed by atoms with van der Waals surface area (Å²) < 4.78 is 6.98. The summed E-state index contributed by atoms with van der Waals surface area (Å²) in [5, 5.41) is 29.4. The van der Waals surface area contributed by atoms with Crippen LogP contribution in [0.25, 0.3) is 5.65 Å². The van der Waals surface area contributed by atoms with Crippen LogP contribution < -0.4 is 15.4 Å². The van der Waals surface area contributed by atoms with Gasteiger partial charge in [0.1, 0.15) is 28.8 Å². The number of nitriles is 1. The fraction of sp³-hybridized carbons (Fsp3) is 0.0952. The van der Waals surface area contributed by atoms with E-state index in [9.17, 15) is 15.2 Å². The van der Waals surface area contributed by atoms with E-state index in [-0.39, 0.29) is 34.5 Å². The molecule has 10 heteroatoms. The van der Waals surface area contributed by atoms with Gasteiger partial charge < -0.3 is 20.5 Å². The first-order valence-electron chi connectivity index (χ1n) is 9.21. The van der Waals surface area contributed by atoms with Crippen molar-refractivity contribution in [1.82, 2.24) is 24.9 Å². The first kappa shape index (κ1) is 19.7. The van der Waals surface area contributed by atoms with Crippen molar-refractivity contribution in [2.75, 3.05) is 12.4 Å². The zero-order valence-corrected chi connectivity index (χ0v) is 16.6. The standard InChI is InChI=1S/C21H17N7O3/c1-12-9-18(29)28-20(25-12)16(11-22)19(27-28)26-13-3-5-14(6-4-13)31-15-7-8-24-17(10-15)21(30)23-2/h3-10,29H,1-2H3,(H,23,30)(H,26,27). The first-order chi connectivity index (χ1) is 15.0. The molecule has 31 heavy (non-hydrogen) atoms. The number of anilines is 2. The third kappa shape index (κ3) is 3.92. The SMILES string of the molecule is CNC(=O)c1cc(Oc2ccc(Nc3nn4c(O)cc(C)nc4c3C#N)cc2)ccn1. The second kappa shape index (κ2) is 8.00. The van der Waals surface area contributed by atoms with E-state index in [0.29, 0.717) is 22.9 Å². The molecule has 0 atom stereocenters. The largest absolute Gasteiger partial charge is 0.493 e. The minimum Gasteiger partial charge on any atom is -0.493 e. The molecule has 0 fully saturated rings. The molecule has 0 radical (unpaired) electrons. The number of pyridine rings is 1. The molecule has 0 aliphatic rings. The van der Waals surface area contributed by atoms with Crippen LogP contribution in [0.15, 0.2) is 48.7 Å². The average Bonchev–Trinajstić information content (AvgIpc) is 3.12. The Balaban J connectivity index is 1.55. The molecule has 154 valence electrons. The zero-order chi connectivity index (χ0) is 22.0. The molecule has 0 saturated heterocycles. The van der Waals surface area contributed by atoms with Gasteiger partial charge in [-0.15, -0.1) is 5.10 Å². The molecule has 0 bridgehead atoms. The summed E-state index contributed by atoms with van der Waals surface area (Å²) in [6.45, 7) is 1.72. The number of amides is 1. The number of aromatic nitrogens is 4. The topological polar surface area (TPSA) is 137 Å². The van der Waals surface area contributed by atoms with Crippen LogP contribution in [-0.4, -0.2) is 37.6 Å². The van der Waals surface area contributed by atoms with Crippen molar-refractivity contribution >= 4 is 23.1 Å². The van der Waals surface area contributed by atoms with Crippen LogP contribution in [0.1, 0.15) is 21.7 Å². The lowest BCUT2D eigenvalue weighted by Gasteiger charge is -2.08. The number of rotatable bonds is 5. The molecule has 10 nitrogen and oxygen atoms in total. The van der Waals surface area contributed by atoms with E-state index in [1.54, 1.807) is 43.3 Å². The second-order valence-corrected chi connectivity index (χ2v) is 6.53. The number of hydrogen-bond donors (Lipinski definition) is 3. The zero-order valence-electron chi connectivity index (χ0n) is 16.6. The van der Waals surface area contributed by atoms with Gasteiger partial charge in [0, 0.05) is 36.8 Å². The fourth-order valence-electron chi connectivity index (χ4n) is 2.92. The third-order valence-corrected chi connectivity index (χ3v) is 4.35. The quantitative estimate of drug-likeness (QED) is 0.452. The number of aryl methyl sites for hydroxylation is 1. The highest BCUT2D eigenvalue weighted by molar-refractivity contribution is 5.92. The molecule has 4 aromatic rings. The predicted octanol–water partition coefficient (Wildman–Crippen LogP) is 2.91. The number of ether oxygens (including phenoxy) is 1. The lowest BCUT2D eigenvalue weighted by molar-refractivity contribution is 0.0958. The summed E-state index contributed by atoms with van der Waals surface area (Å²) in [4.78, 5) is 20.0. The molecule has 3 N–H and O–H groups in total. The van der Waals surface area contributed by atoms with Gasteiger partial charge in [0.25, 0.3) is 5.91 Å². The Morgan fingerprint density at radius 2 is 1.97 bits per heavy atom. The normalized spacial score (nSPS) is 10.5. The van der Waals surface area contributed by atoms with E-state index in [4.69, 9.17) is 4.74 Å². The highest BCUT2D eigenvalue weighted by Crippen LogP contribution is 2.28. The van der Waals surface area contributed by atoms with Gasteiger partial charge in [-0.2, -0.15) is 9.78 Å². The summed E-state index contributed by atoms with van der Waals surface area (Å²) in [6, 6.07) is 13.7. The Bertz CT molecular complexity index is 1320. The molecule has 0 spiro atoms. The maximum Gasteiger partial charge on any atom is 0.269 e. The molecular formula is C21H17N7O3. The summed E-state index contributed by atoms with van der Waals surface area (Å²) in [7, 11) is 1.53. The smallest absolute Gasteiger partial charge is 0.269 e. The van der Waals surface area contributed by atoms with Crippen molar-refractivity contribution in [1.29, 1.82) is 5.26 Å². The van der Waals surface area contributed by atoms with Gasteiger partial charge in [-0.1, -0.05) is 0 Å². The summed E-state index contributed by atoms with van der Waals surface area (Å²) >= 11 is 0. The minimum absolute atomic E-state index is 0.107. The van der Waals surface area contributed by atoms with Gasteiger partial charge in [-0.05, 0) is 37.3 Å². The van der Waals surface area contributed by atoms with E-state index in [2.05, 4.69) is 31.8 Å². The lowest BCUT2D eigenvalue weighted by atomic mass is 10.2. The molecule has 0 aliphatic heterocycles. The Hall–Kier alpha value is -4.65. The Kier molecular flexibility index (Phi) is 5.07. The van der Waals surface area contributed by atoms with Crippen LogP contribution >= 0.6 is 0 Å². The van der Waals surface area contributed by atoms with E-state index in [0.717, 1.165) is 0 Å². The van der Waals surface area contributed by atoms with Gasteiger partial charge in [0.15, 0.2) is 11.5 Å². The lowest BCUT2D eigenvalue weighted by Crippen LogP contribution is -2.18. The monoisotopic (exact) mass is 415 g/mol. The highest BCUT2D eigenvalue weighted by Gasteiger charge is 2.17. The van der Waals surface area contributed by atoms with Gasteiger partial charge in [-0.25, -0.2) is 4.98 Å². The van der Waals surface area contributed by atoms with Gasteiger partial charge in [0.2, 0.25) is 5.88 Å². The fourth-order valence-corrected chi connectivity index (χ4v) is 2.92. The summed E-state index contributed by atoms with van der Waals surface area (Å²) in [5.74, 6) is 0.878. The Labute approximate surface area is 176 Å². The maximum absolute atomic E-state index is 11.7. The maximum atomic E-state index is 11.7. The molecule has 3 aromatic heterocycles. The van der Waals surface area contributed by atoms with E-state index in [1.807, 2.05) is 0 Å². The molecule has 0 saturated carbocycles. The van der Waals surface area contributed by atoms with Crippen molar-refractivity contribution in [3.05, 3.63) is 65.6 Å². The van der Waals surface area contributed by atoms with Crippen LogP contribution in [0.4, 0.5) is 11.5 Å². The van der Waals surface area contributed by atoms with Crippen molar-refractivity contribution in [3.63, 3.8) is 0 Å². The Morgan fingerprint density at radius 3 is 2.68 bits per heavy atom. The van der Waals surface area contributed by atoms with Crippen molar-refractivity contribution < 1.29 is 14.6 Å². The second-order valence-electron chi connectivity index (χ2n) is 6.53. The van der Waals surface area contributed by atoms with Crippen LogP contribution in [0.3, 0.4) is 0 Å². The molecule has 0 unspecified atom stereocenters. The van der Waals surface area contributed by atoms with Crippen LogP contribution in [-0.2, 0) is 0 Å². The van der Waals surface area contributed by atoms with Gasteiger partial charge in [-0.3, -0.25) is 9.78 Å². The molecular weight excluding hydrogens is 398 g/mol. The van der Waals surface area contributed by atoms with Crippen molar-refractivity contribution in [3.8, 4) is 23.4 Å². The van der Waals surface area contributed by atoms with E-state index in [1.165, 1.54) is 23.8 Å². The van der Waals surface area contributed by atoms with Crippen LogP contribution in [0.2, 0.25) is 0 Å². The highest BCUT2D eigenvalue weighted by atomic mass is 16.5. The summed E-state index contributed by atoms with van der Waals surface area (Å²) in [5.41, 5.74) is 1.97. The molecule has 3 heterocycles. The molecule has 1 amide bonds. The molecule has 1 aromatic carbocycles. The third-order valence-electron chi connectivity index (χ3n) is 4.35. The van der Waals surface area contributed by atoms with E-state index < -0.39 is 0 Å². The average molecular weight is 415 g/mol. The summed E-state index contributed by atoms with van der Waals surface area (Å²) in [6.07, 6.45) is 1.49. The van der Waals surface area contributed by atoms with Gasteiger partial charge in [0.05, 0.1) is 0 Å². The van der Waals surface area contributed by atoms with Crippen LogP contribution in [0.5, 0.6) is 17.4 Å². The number of aromatic hydroxyl groups is 1. The number of benzene rings is 1. The number of nitrogens with zero attached hydrogens (tertiary/aromatic N) is 5. The number of fused-ring (bicyclic) bond motifs is 1. The first-order valence-corrected chi connectivity index (χ1v) is 9.21.